The van der Waals surface area contributed by atoms with Gasteiger partial charge in [-0.1, -0.05) is 18.2 Å². The first-order valence-corrected chi connectivity index (χ1v) is 21.2. The molecule has 0 spiro atoms. The average molecular weight is 844 g/mol. The molecule has 1 amide bonds. The van der Waals surface area contributed by atoms with Gasteiger partial charge in [0.05, 0.1) is 59.8 Å². The van der Waals surface area contributed by atoms with Gasteiger partial charge < -0.3 is 9.47 Å². The van der Waals surface area contributed by atoms with E-state index in [2.05, 4.69) is 20.2 Å². The molecule has 4 atom stereocenters. The average Bonchev–Trinajstić information content (AvgIpc) is 3.72. The van der Waals surface area contributed by atoms with Crippen molar-refractivity contribution < 1.29 is 26.7 Å². The van der Waals surface area contributed by atoms with Gasteiger partial charge in [0.2, 0.25) is 0 Å². The quantitative estimate of drug-likeness (QED) is 0.127. The van der Waals surface area contributed by atoms with Crippen molar-refractivity contribution in [2.24, 2.45) is 5.92 Å². The van der Waals surface area contributed by atoms with Crippen molar-refractivity contribution in [2.45, 2.75) is 102 Å². The molecule has 0 N–H and O–H groups in total. The molecular formula is C47H42F5N9O. The Balaban J connectivity index is 0.856. The molecule has 7 aromatic rings. The van der Waals surface area contributed by atoms with Gasteiger partial charge in [-0.15, -0.1) is 0 Å². The first-order valence-electron chi connectivity index (χ1n) is 21.2. The summed E-state index contributed by atoms with van der Waals surface area (Å²) in [6, 6.07) is 13.9. The predicted octanol–water partition coefficient (Wildman–Crippen LogP) is 9.81. The van der Waals surface area contributed by atoms with Crippen molar-refractivity contribution in [1.82, 2.24) is 44.0 Å². The largest absolute Gasteiger partial charge is 0.331 e. The summed E-state index contributed by atoms with van der Waals surface area (Å²) in [5, 5.41) is 8.98. The Morgan fingerprint density at radius 2 is 1.40 bits per heavy atom. The molecular weight excluding hydrogens is 802 g/mol. The SMILES string of the molecule is Cc1nc2cc(-c3ncc(F)cc3-c3cnn(CC4C[C@@H](F)[C@H](F)C4)c3)ccc2n1C1CCCC1(F)Cn1cc(-c2cc(F)cnc2-c2ccc3c(c2)C(=O)N(C2CC2)C3)cn1. The maximum Gasteiger partial charge on any atom is 0.254 e. The van der Waals surface area contributed by atoms with Crippen LogP contribution in [-0.4, -0.2) is 73.9 Å². The zero-order valence-corrected chi connectivity index (χ0v) is 33.9. The molecule has 2 aromatic carbocycles. The molecule has 316 valence electrons. The van der Waals surface area contributed by atoms with Crippen LogP contribution in [0.4, 0.5) is 22.0 Å². The zero-order chi connectivity index (χ0) is 42.4. The fraction of sp³-hybridized carbons (Fsp3) is 0.362. The minimum absolute atomic E-state index is 0.0101. The van der Waals surface area contributed by atoms with E-state index in [0.29, 0.717) is 100 Å². The number of aromatic nitrogens is 8. The number of nitrogens with zero attached hydrogens (tertiary/aromatic N) is 9. The third-order valence-electron chi connectivity index (χ3n) is 13.3. The molecule has 0 bridgehead atoms. The van der Waals surface area contributed by atoms with Crippen molar-refractivity contribution in [3.8, 4) is 44.8 Å². The second-order valence-corrected chi connectivity index (χ2v) is 17.6. The summed E-state index contributed by atoms with van der Waals surface area (Å²) in [6.07, 6.45) is 9.90. The molecule has 4 aliphatic rings. The van der Waals surface area contributed by atoms with Crippen molar-refractivity contribution in [3.63, 3.8) is 0 Å². The summed E-state index contributed by atoms with van der Waals surface area (Å²) in [5.74, 6) is -0.577. The molecule has 6 heterocycles. The maximum atomic E-state index is 17.5. The predicted molar refractivity (Wildman–Crippen MR) is 222 cm³/mol. The fourth-order valence-corrected chi connectivity index (χ4v) is 10.2. The standard InChI is InChI=1S/C47H42F5N9O/c1-26-57-41-14-29(45-36(15-33(48)20-54-45)31-17-55-58(22-31)21-27-11-39(50)40(51)12-27)6-9-42(41)61(26)43-3-2-10-47(43,52)25-59-23-32(18-56-59)37-16-34(49)19-53-44(37)28-4-5-30-24-60(35-7-8-35)46(62)38(30)13-28/h4-6,9,13-20,22-23,27,35,39-40,43H,2-3,7-8,10-12,21,24-25H2,1H3/t39-,40-,43?,47?/m1/s1. The molecule has 0 radical (unpaired) electrons. The van der Waals surface area contributed by atoms with Crippen LogP contribution in [0.25, 0.3) is 55.8 Å². The number of fused-ring (bicyclic) bond motifs is 2. The molecule has 62 heavy (non-hydrogen) atoms. The summed E-state index contributed by atoms with van der Waals surface area (Å²) in [7, 11) is 0. The summed E-state index contributed by atoms with van der Waals surface area (Å²) >= 11 is 0. The molecule has 3 saturated carbocycles. The van der Waals surface area contributed by atoms with E-state index in [1.807, 2.05) is 52.8 Å². The Morgan fingerprint density at radius 3 is 2.10 bits per heavy atom. The Bertz CT molecular complexity index is 2890. The van der Waals surface area contributed by atoms with Gasteiger partial charge in [-0.25, -0.2) is 26.9 Å². The van der Waals surface area contributed by atoms with E-state index in [1.54, 1.807) is 34.2 Å². The highest BCUT2D eigenvalue weighted by Crippen LogP contribution is 2.46. The van der Waals surface area contributed by atoms with Crippen LogP contribution in [0.1, 0.15) is 72.7 Å². The van der Waals surface area contributed by atoms with Gasteiger partial charge in [0.25, 0.3) is 5.91 Å². The first kappa shape index (κ1) is 38.7. The van der Waals surface area contributed by atoms with Crippen LogP contribution in [-0.2, 0) is 19.6 Å². The maximum absolute atomic E-state index is 17.5. The lowest BCUT2D eigenvalue weighted by Crippen LogP contribution is -2.35. The Kier molecular flexibility index (Phi) is 9.16. The summed E-state index contributed by atoms with van der Waals surface area (Å²) < 4.78 is 79.9. The third kappa shape index (κ3) is 6.76. The van der Waals surface area contributed by atoms with E-state index in [4.69, 9.17) is 4.98 Å². The van der Waals surface area contributed by atoms with Gasteiger partial charge in [-0.2, -0.15) is 10.2 Å². The normalized spacial score (nSPS) is 22.7. The van der Waals surface area contributed by atoms with Gasteiger partial charge in [0.15, 0.2) is 5.67 Å². The van der Waals surface area contributed by atoms with Crippen LogP contribution >= 0.6 is 0 Å². The summed E-state index contributed by atoms with van der Waals surface area (Å²) in [5.41, 5.74) is 5.86. The number of amides is 1. The Morgan fingerprint density at radius 1 is 0.758 bits per heavy atom. The molecule has 0 saturated heterocycles. The minimum atomic E-state index is -1.70. The number of alkyl halides is 3. The second-order valence-electron chi connectivity index (χ2n) is 17.6. The zero-order valence-electron chi connectivity index (χ0n) is 33.9. The molecule has 2 unspecified atom stereocenters. The number of carbonyl (C=O) groups is 1. The number of pyridine rings is 2. The highest BCUT2D eigenvalue weighted by Gasteiger charge is 2.46. The Labute approximate surface area is 353 Å². The lowest BCUT2D eigenvalue weighted by Gasteiger charge is -2.29. The number of hydrogen-bond donors (Lipinski definition) is 0. The number of carbonyl (C=O) groups excluding carboxylic acids is 1. The lowest BCUT2D eigenvalue weighted by atomic mass is 9.98. The highest BCUT2D eigenvalue weighted by molar-refractivity contribution is 6.00. The van der Waals surface area contributed by atoms with Gasteiger partial charge in [-0.05, 0) is 93.7 Å². The highest BCUT2D eigenvalue weighted by atomic mass is 19.2. The topological polar surface area (TPSA) is 99.5 Å². The fourth-order valence-electron chi connectivity index (χ4n) is 10.2. The monoisotopic (exact) mass is 843 g/mol. The summed E-state index contributed by atoms with van der Waals surface area (Å²) in [6.45, 7) is 2.76. The van der Waals surface area contributed by atoms with Crippen molar-refractivity contribution in [2.75, 3.05) is 0 Å². The first-order chi connectivity index (χ1) is 30.0. The number of aryl methyl sites for hydroxylation is 1. The van der Waals surface area contributed by atoms with E-state index in [0.717, 1.165) is 36.3 Å². The van der Waals surface area contributed by atoms with Crippen LogP contribution in [0, 0.1) is 24.5 Å². The van der Waals surface area contributed by atoms with Crippen molar-refractivity contribution >= 4 is 16.9 Å². The smallest absolute Gasteiger partial charge is 0.254 e. The van der Waals surface area contributed by atoms with Crippen molar-refractivity contribution in [3.05, 3.63) is 114 Å². The third-order valence-corrected chi connectivity index (χ3v) is 13.3. The minimum Gasteiger partial charge on any atom is -0.331 e. The molecule has 3 aliphatic carbocycles. The van der Waals surface area contributed by atoms with Crippen LogP contribution in [0.3, 0.4) is 0 Å². The van der Waals surface area contributed by atoms with E-state index in [1.165, 1.54) is 12.1 Å². The van der Waals surface area contributed by atoms with Gasteiger partial charge in [0.1, 0.15) is 29.8 Å². The molecule has 15 heteroatoms. The molecule has 11 rings (SSSR count). The lowest BCUT2D eigenvalue weighted by molar-refractivity contribution is 0.0766. The van der Waals surface area contributed by atoms with Crippen LogP contribution in [0.5, 0.6) is 0 Å². The van der Waals surface area contributed by atoms with E-state index >= 15 is 4.39 Å². The van der Waals surface area contributed by atoms with Gasteiger partial charge in [0, 0.05) is 70.5 Å². The van der Waals surface area contributed by atoms with E-state index in [9.17, 15) is 22.4 Å². The van der Waals surface area contributed by atoms with Crippen LogP contribution in [0.15, 0.2) is 85.7 Å². The number of hydrogen-bond acceptors (Lipinski definition) is 6. The van der Waals surface area contributed by atoms with Gasteiger partial charge >= 0.3 is 0 Å². The van der Waals surface area contributed by atoms with E-state index in [-0.39, 0.29) is 31.2 Å². The molecule has 1 aliphatic heterocycles. The van der Waals surface area contributed by atoms with Crippen molar-refractivity contribution in [1.29, 1.82) is 0 Å². The second kappa shape index (κ2) is 14.7. The number of halogens is 5. The number of imidazole rings is 1. The number of rotatable bonds is 10. The van der Waals surface area contributed by atoms with E-state index < -0.39 is 35.7 Å². The molecule has 10 nitrogen and oxygen atoms in total. The van der Waals surface area contributed by atoms with Crippen LogP contribution < -0.4 is 0 Å². The van der Waals surface area contributed by atoms with Gasteiger partial charge in [-0.3, -0.25) is 24.1 Å². The number of benzene rings is 2. The summed E-state index contributed by atoms with van der Waals surface area (Å²) in [4.78, 5) is 28.9. The molecule has 3 fully saturated rings. The molecule has 5 aromatic heterocycles. The van der Waals surface area contributed by atoms with Crippen LogP contribution in [0.2, 0.25) is 0 Å². The Hall–Kier alpha value is -6.25.